The van der Waals surface area contributed by atoms with Gasteiger partial charge in [-0.3, -0.25) is 0 Å². The second kappa shape index (κ2) is 3.41. The van der Waals surface area contributed by atoms with Gasteiger partial charge in [-0.15, -0.1) is 0 Å². The Kier molecular flexibility index (Phi) is 2.57. The van der Waals surface area contributed by atoms with Crippen molar-refractivity contribution in [3.05, 3.63) is 0 Å². The molecule has 0 aliphatic carbocycles. The molecule has 6 nitrogen and oxygen atoms in total. The molecule has 2 fully saturated rings. The lowest BCUT2D eigenvalue weighted by atomic mass is 10.1. The zero-order chi connectivity index (χ0) is 11.3. The highest BCUT2D eigenvalue weighted by Crippen LogP contribution is 2.22. The minimum absolute atomic E-state index is 0.0453. The Hall–Kier alpha value is -0.180. The first-order valence-electron chi connectivity index (χ1n) is 4.70. The van der Waals surface area contributed by atoms with Gasteiger partial charge in [0.25, 0.3) is 0 Å². The number of nitrogens with zero attached hydrogens (tertiary/aromatic N) is 1. The maximum absolute atomic E-state index is 11.4. The fraction of sp³-hybridized carbons (Fsp3) is 1.00. The number of piperazine rings is 1. The Bertz CT molecular complexity index is 455. The largest absolute Gasteiger partial charge is 0.310 e. The minimum atomic E-state index is -3.30. The van der Waals surface area contributed by atoms with Gasteiger partial charge in [-0.1, -0.05) is 0 Å². The van der Waals surface area contributed by atoms with E-state index in [1.54, 1.807) is 0 Å². The summed E-state index contributed by atoms with van der Waals surface area (Å²) in [6.07, 6.45) is 1.13. The molecule has 8 heteroatoms. The van der Waals surface area contributed by atoms with Crippen LogP contribution in [0.25, 0.3) is 0 Å². The van der Waals surface area contributed by atoms with Crippen molar-refractivity contribution in [2.45, 2.75) is 12.1 Å². The first kappa shape index (κ1) is 11.3. The van der Waals surface area contributed by atoms with E-state index in [0.717, 1.165) is 6.26 Å². The van der Waals surface area contributed by atoms with Gasteiger partial charge >= 0.3 is 0 Å². The van der Waals surface area contributed by atoms with E-state index in [4.69, 9.17) is 0 Å². The Morgan fingerprint density at radius 2 is 2.00 bits per heavy atom. The van der Waals surface area contributed by atoms with Crippen molar-refractivity contribution in [2.75, 3.05) is 30.9 Å². The number of sulfonamides is 1. The number of hydrogen-bond acceptors (Lipinski definition) is 5. The molecule has 0 amide bonds. The molecule has 2 saturated heterocycles. The quantitative estimate of drug-likeness (QED) is 0.586. The van der Waals surface area contributed by atoms with Gasteiger partial charge in [-0.25, -0.2) is 16.8 Å². The zero-order valence-electron chi connectivity index (χ0n) is 8.38. The summed E-state index contributed by atoms with van der Waals surface area (Å²) < 4.78 is 47.0. The normalized spacial score (nSPS) is 36.3. The molecule has 0 saturated carbocycles. The van der Waals surface area contributed by atoms with Gasteiger partial charge in [0.05, 0.1) is 23.8 Å². The molecular formula is C7H14N2O4S2. The molecule has 0 unspecified atom stereocenters. The van der Waals surface area contributed by atoms with Crippen LogP contribution in [0.5, 0.6) is 0 Å². The number of nitrogens with one attached hydrogen (secondary N) is 1. The van der Waals surface area contributed by atoms with E-state index in [1.165, 1.54) is 4.31 Å². The van der Waals surface area contributed by atoms with Crippen LogP contribution in [0, 0.1) is 0 Å². The lowest BCUT2D eigenvalue weighted by Gasteiger charge is -2.35. The summed E-state index contributed by atoms with van der Waals surface area (Å²) in [5.41, 5.74) is 0. The number of sulfone groups is 1. The highest BCUT2D eigenvalue weighted by molar-refractivity contribution is 7.92. The van der Waals surface area contributed by atoms with Gasteiger partial charge in [0.15, 0.2) is 9.84 Å². The van der Waals surface area contributed by atoms with Crippen LogP contribution in [0.15, 0.2) is 0 Å². The fourth-order valence-corrected chi connectivity index (χ4v) is 5.43. The van der Waals surface area contributed by atoms with Crippen molar-refractivity contribution in [3.63, 3.8) is 0 Å². The van der Waals surface area contributed by atoms with Crippen LogP contribution < -0.4 is 5.32 Å². The third-order valence-electron chi connectivity index (χ3n) is 2.86. The Morgan fingerprint density at radius 3 is 2.60 bits per heavy atom. The van der Waals surface area contributed by atoms with E-state index in [1.807, 2.05) is 0 Å². The van der Waals surface area contributed by atoms with Crippen molar-refractivity contribution in [3.8, 4) is 0 Å². The van der Waals surface area contributed by atoms with Gasteiger partial charge in [-0.2, -0.15) is 4.31 Å². The molecule has 15 heavy (non-hydrogen) atoms. The smallest absolute Gasteiger partial charge is 0.211 e. The van der Waals surface area contributed by atoms with E-state index < -0.39 is 25.9 Å². The number of rotatable bonds is 1. The van der Waals surface area contributed by atoms with Crippen LogP contribution in [0.3, 0.4) is 0 Å². The molecule has 0 bridgehead atoms. The molecule has 0 radical (unpaired) electrons. The van der Waals surface area contributed by atoms with Crippen LogP contribution >= 0.6 is 0 Å². The van der Waals surface area contributed by atoms with Crippen LogP contribution in [-0.2, 0) is 19.9 Å². The van der Waals surface area contributed by atoms with Gasteiger partial charge in [0.2, 0.25) is 10.0 Å². The maximum atomic E-state index is 11.4. The lowest BCUT2D eigenvalue weighted by molar-refractivity contribution is 0.248. The summed E-state index contributed by atoms with van der Waals surface area (Å²) in [5, 5.41) is 3.05. The average Bonchev–Trinajstić information content (AvgIpc) is 2.35. The molecule has 2 aliphatic heterocycles. The zero-order valence-corrected chi connectivity index (χ0v) is 10.0. The van der Waals surface area contributed by atoms with E-state index >= 15 is 0 Å². The summed E-state index contributed by atoms with van der Waals surface area (Å²) in [7, 11) is -6.39. The van der Waals surface area contributed by atoms with Gasteiger partial charge in [0, 0.05) is 19.1 Å². The topological polar surface area (TPSA) is 83.6 Å². The Morgan fingerprint density at radius 1 is 1.33 bits per heavy atom. The second-order valence-electron chi connectivity index (χ2n) is 4.08. The SMILES string of the molecule is CS(=O)(=O)N1CCN[C@H]2CS(=O)(=O)C[C@@H]21. The number of fused-ring (bicyclic) bond motifs is 1. The molecule has 2 heterocycles. The molecule has 2 atom stereocenters. The first-order valence-corrected chi connectivity index (χ1v) is 8.37. The van der Waals surface area contributed by atoms with Crippen molar-refractivity contribution >= 4 is 19.9 Å². The van der Waals surface area contributed by atoms with E-state index in [0.29, 0.717) is 13.1 Å². The summed E-state index contributed by atoms with van der Waals surface area (Å²) >= 11 is 0. The van der Waals surface area contributed by atoms with E-state index in [2.05, 4.69) is 5.32 Å². The Balaban J connectivity index is 2.31. The van der Waals surface area contributed by atoms with Crippen molar-refractivity contribution in [1.29, 1.82) is 0 Å². The van der Waals surface area contributed by atoms with Crippen LogP contribution in [0.1, 0.15) is 0 Å². The van der Waals surface area contributed by atoms with Crippen LogP contribution in [-0.4, -0.2) is 64.1 Å². The molecular weight excluding hydrogens is 240 g/mol. The third kappa shape index (κ3) is 2.17. The summed E-state index contributed by atoms with van der Waals surface area (Å²) in [5.74, 6) is -0.0125. The predicted molar refractivity (Wildman–Crippen MR) is 55.8 cm³/mol. The average molecular weight is 254 g/mol. The van der Waals surface area contributed by atoms with Crippen molar-refractivity contribution < 1.29 is 16.8 Å². The highest BCUT2D eigenvalue weighted by atomic mass is 32.2. The predicted octanol–water partition coefficient (Wildman–Crippen LogP) is -1.98. The minimum Gasteiger partial charge on any atom is -0.310 e. The first-order chi connectivity index (χ1) is 6.80. The monoisotopic (exact) mass is 254 g/mol. The number of hydrogen-bond donors (Lipinski definition) is 1. The molecule has 0 aromatic heterocycles. The lowest BCUT2D eigenvalue weighted by Crippen LogP contribution is -2.58. The molecule has 88 valence electrons. The third-order valence-corrected chi connectivity index (χ3v) is 5.88. The van der Waals surface area contributed by atoms with Crippen LogP contribution in [0.2, 0.25) is 0 Å². The van der Waals surface area contributed by atoms with E-state index in [9.17, 15) is 16.8 Å². The van der Waals surface area contributed by atoms with E-state index in [-0.39, 0.29) is 17.5 Å². The molecule has 0 spiro atoms. The van der Waals surface area contributed by atoms with Crippen LogP contribution in [0.4, 0.5) is 0 Å². The molecule has 0 aromatic rings. The molecule has 0 aromatic carbocycles. The second-order valence-corrected chi connectivity index (χ2v) is 8.17. The standard InChI is InChI=1S/C7H14N2O4S2/c1-14(10,11)9-3-2-8-6-4-15(12,13)5-7(6)9/h6-8H,2-5H2,1H3/t6-,7-/m0/s1. The summed E-state index contributed by atoms with van der Waals surface area (Å²) in [6, 6.07) is -0.655. The highest BCUT2D eigenvalue weighted by Gasteiger charge is 2.45. The molecule has 2 aliphatic rings. The molecule has 1 N–H and O–H groups in total. The molecule has 2 rings (SSSR count). The van der Waals surface area contributed by atoms with Crippen molar-refractivity contribution in [2.24, 2.45) is 0 Å². The fourth-order valence-electron chi connectivity index (χ4n) is 2.25. The summed E-state index contributed by atoms with van der Waals surface area (Å²) in [4.78, 5) is 0. The van der Waals surface area contributed by atoms with Gasteiger partial charge in [-0.05, 0) is 0 Å². The van der Waals surface area contributed by atoms with Crippen molar-refractivity contribution in [1.82, 2.24) is 9.62 Å². The van der Waals surface area contributed by atoms with Gasteiger partial charge < -0.3 is 5.32 Å². The Labute approximate surface area is 89.6 Å². The summed E-state index contributed by atoms with van der Waals surface area (Å²) in [6.45, 7) is 0.874. The van der Waals surface area contributed by atoms with Gasteiger partial charge in [0.1, 0.15) is 0 Å². The maximum Gasteiger partial charge on any atom is 0.211 e.